The van der Waals surface area contributed by atoms with E-state index in [1.807, 2.05) is 0 Å². The predicted molar refractivity (Wildman–Crippen MR) is 69.5 cm³/mol. The third-order valence-corrected chi connectivity index (χ3v) is 4.53. The molecule has 1 aliphatic rings. The van der Waals surface area contributed by atoms with Gasteiger partial charge in [0.15, 0.2) is 0 Å². The standard InChI is InChI=1S/C15H28O/c1-4-7-8-11-15(6-3)12-9-10-13(5-2)14(15)16/h13H,4-12H2,1-3H3. The summed E-state index contributed by atoms with van der Waals surface area (Å²) in [6, 6.07) is 0. The maximum atomic E-state index is 12.5. The fourth-order valence-corrected chi connectivity index (χ4v) is 3.25. The molecule has 16 heavy (non-hydrogen) atoms. The molecular formula is C15H28O. The van der Waals surface area contributed by atoms with Crippen molar-refractivity contribution in [3.63, 3.8) is 0 Å². The van der Waals surface area contributed by atoms with Crippen LogP contribution in [0.5, 0.6) is 0 Å². The molecule has 0 aromatic carbocycles. The van der Waals surface area contributed by atoms with Crippen LogP contribution in [0.1, 0.15) is 78.6 Å². The minimum atomic E-state index is 0.0636. The molecule has 1 saturated carbocycles. The van der Waals surface area contributed by atoms with Crippen molar-refractivity contribution in [1.82, 2.24) is 0 Å². The van der Waals surface area contributed by atoms with E-state index in [4.69, 9.17) is 0 Å². The van der Waals surface area contributed by atoms with E-state index in [1.54, 1.807) is 0 Å². The molecule has 0 heterocycles. The van der Waals surface area contributed by atoms with Gasteiger partial charge in [-0.2, -0.15) is 0 Å². The smallest absolute Gasteiger partial charge is 0.142 e. The van der Waals surface area contributed by atoms with Gasteiger partial charge in [0.2, 0.25) is 0 Å². The molecular weight excluding hydrogens is 196 g/mol. The van der Waals surface area contributed by atoms with Gasteiger partial charge >= 0.3 is 0 Å². The second kappa shape index (κ2) is 6.42. The largest absolute Gasteiger partial charge is 0.299 e. The van der Waals surface area contributed by atoms with Crippen LogP contribution in [0.15, 0.2) is 0 Å². The Kier molecular flexibility index (Phi) is 5.51. The topological polar surface area (TPSA) is 17.1 Å². The summed E-state index contributed by atoms with van der Waals surface area (Å²) in [5.74, 6) is 0.968. The van der Waals surface area contributed by atoms with Crippen molar-refractivity contribution < 1.29 is 4.79 Å². The van der Waals surface area contributed by atoms with E-state index >= 15 is 0 Å². The number of rotatable bonds is 6. The Bertz CT molecular complexity index is 221. The van der Waals surface area contributed by atoms with Gasteiger partial charge in [0.05, 0.1) is 0 Å². The van der Waals surface area contributed by atoms with Crippen molar-refractivity contribution >= 4 is 5.78 Å². The van der Waals surface area contributed by atoms with Gasteiger partial charge in [0.25, 0.3) is 0 Å². The lowest BCUT2D eigenvalue weighted by atomic mass is 9.64. The van der Waals surface area contributed by atoms with Gasteiger partial charge in [-0.1, -0.05) is 46.5 Å². The first-order valence-electron chi connectivity index (χ1n) is 7.24. The first-order valence-corrected chi connectivity index (χ1v) is 7.24. The fourth-order valence-electron chi connectivity index (χ4n) is 3.25. The Morgan fingerprint density at radius 3 is 2.56 bits per heavy atom. The molecule has 0 radical (unpaired) electrons. The van der Waals surface area contributed by atoms with Crippen molar-refractivity contribution in [3.05, 3.63) is 0 Å². The monoisotopic (exact) mass is 224 g/mol. The highest BCUT2D eigenvalue weighted by Crippen LogP contribution is 2.43. The summed E-state index contributed by atoms with van der Waals surface area (Å²) < 4.78 is 0. The van der Waals surface area contributed by atoms with Crippen LogP contribution in [0.2, 0.25) is 0 Å². The van der Waals surface area contributed by atoms with Crippen LogP contribution in [0.3, 0.4) is 0 Å². The maximum absolute atomic E-state index is 12.5. The number of unbranched alkanes of at least 4 members (excludes halogenated alkanes) is 2. The van der Waals surface area contributed by atoms with Crippen molar-refractivity contribution in [3.8, 4) is 0 Å². The SMILES string of the molecule is CCCCCC1(CC)CCCC(CC)C1=O. The zero-order valence-corrected chi connectivity index (χ0v) is 11.3. The Hall–Kier alpha value is -0.330. The van der Waals surface area contributed by atoms with Crippen LogP contribution in [0, 0.1) is 11.3 Å². The van der Waals surface area contributed by atoms with E-state index in [0.29, 0.717) is 11.7 Å². The van der Waals surface area contributed by atoms with Gasteiger partial charge < -0.3 is 0 Å². The molecule has 0 saturated heterocycles. The summed E-state index contributed by atoms with van der Waals surface area (Å²) in [6.45, 7) is 6.61. The molecule has 1 aliphatic carbocycles. The number of ketones is 1. The molecule has 94 valence electrons. The fraction of sp³-hybridized carbons (Fsp3) is 0.933. The molecule has 0 N–H and O–H groups in total. The molecule has 2 unspecified atom stereocenters. The summed E-state index contributed by atoms with van der Waals surface area (Å²) in [6.07, 6.45) is 10.6. The number of carbonyl (C=O) groups excluding carboxylic acids is 1. The van der Waals surface area contributed by atoms with Gasteiger partial charge in [-0.25, -0.2) is 0 Å². The van der Waals surface area contributed by atoms with E-state index in [0.717, 1.165) is 32.1 Å². The highest BCUT2D eigenvalue weighted by Gasteiger charge is 2.41. The maximum Gasteiger partial charge on any atom is 0.142 e. The highest BCUT2D eigenvalue weighted by atomic mass is 16.1. The van der Waals surface area contributed by atoms with Gasteiger partial charge in [-0.05, 0) is 32.1 Å². The summed E-state index contributed by atoms with van der Waals surface area (Å²) in [5.41, 5.74) is 0.0636. The second-order valence-electron chi connectivity index (χ2n) is 5.45. The van der Waals surface area contributed by atoms with Crippen LogP contribution in [-0.2, 0) is 4.79 Å². The Labute approximate surface area is 101 Å². The van der Waals surface area contributed by atoms with Gasteiger partial charge in [-0.3, -0.25) is 4.79 Å². The lowest BCUT2D eigenvalue weighted by Gasteiger charge is -2.39. The molecule has 1 fully saturated rings. The average Bonchev–Trinajstić information content (AvgIpc) is 2.32. The summed E-state index contributed by atoms with van der Waals surface area (Å²) >= 11 is 0. The normalized spacial score (nSPS) is 30.7. The van der Waals surface area contributed by atoms with Crippen LogP contribution >= 0.6 is 0 Å². The van der Waals surface area contributed by atoms with Gasteiger partial charge in [0, 0.05) is 11.3 Å². The van der Waals surface area contributed by atoms with E-state index in [9.17, 15) is 4.79 Å². The average molecular weight is 224 g/mol. The van der Waals surface area contributed by atoms with Gasteiger partial charge in [-0.15, -0.1) is 0 Å². The first-order chi connectivity index (χ1) is 7.70. The molecule has 0 aromatic heterocycles. The van der Waals surface area contributed by atoms with Crippen LogP contribution < -0.4 is 0 Å². The molecule has 0 spiro atoms. The molecule has 0 aliphatic heterocycles. The number of carbonyl (C=O) groups is 1. The number of Topliss-reactive ketones (excluding diaryl/α,β-unsaturated/α-hetero) is 1. The van der Waals surface area contributed by atoms with Crippen LogP contribution in [-0.4, -0.2) is 5.78 Å². The molecule has 0 amide bonds. The first kappa shape index (κ1) is 13.7. The van der Waals surface area contributed by atoms with E-state index in [-0.39, 0.29) is 5.41 Å². The molecule has 1 rings (SSSR count). The Morgan fingerprint density at radius 2 is 2.00 bits per heavy atom. The van der Waals surface area contributed by atoms with Crippen LogP contribution in [0.25, 0.3) is 0 Å². The zero-order valence-electron chi connectivity index (χ0n) is 11.3. The van der Waals surface area contributed by atoms with Gasteiger partial charge in [0.1, 0.15) is 5.78 Å². The van der Waals surface area contributed by atoms with E-state index in [2.05, 4.69) is 20.8 Å². The van der Waals surface area contributed by atoms with Crippen molar-refractivity contribution in [2.75, 3.05) is 0 Å². The van der Waals surface area contributed by atoms with Crippen LogP contribution in [0.4, 0.5) is 0 Å². The molecule has 1 nitrogen and oxygen atoms in total. The van der Waals surface area contributed by atoms with Crippen molar-refractivity contribution in [2.24, 2.45) is 11.3 Å². The number of hydrogen-bond acceptors (Lipinski definition) is 1. The third-order valence-electron chi connectivity index (χ3n) is 4.53. The predicted octanol–water partition coefficient (Wildman–Crippen LogP) is 4.74. The zero-order chi connectivity index (χ0) is 12.0. The van der Waals surface area contributed by atoms with Crippen molar-refractivity contribution in [1.29, 1.82) is 0 Å². The highest BCUT2D eigenvalue weighted by molar-refractivity contribution is 5.87. The minimum Gasteiger partial charge on any atom is -0.299 e. The van der Waals surface area contributed by atoms with E-state index < -0.39 is 0 Å². The molecule has 2 atom stereocenters. The summed E-state index contributed by atoms with van der Waals surface area (Å²) in [4.78, 5) is 12.5. The minimum absolute atomic E-state index is 0.0636. The van der Waals surface area contributed by atoms with E-state index in [1.165, 1.54) is 25.7 Å². The molecule has 0 aromatic rings. The Balaban J connectivity index is 2.64. The molecule has 1 heteroatoms. The van der Waals surface area contributed by atoms with Crippen molar-refractivity contribution in [2.45, 2.75) is 78.6 Å². The number of hydrogen-bond donors (Lipinski definition) is 0. The second-order valence-corrected chi connectivity index (χ2v) is 5.45. The Morgan fingerprint density at radius 1 is 1.25 bits per heavy atom. The lowest BCUT2D eigenvalue weighted by Crippen LogP contribution is -2.39. The summed E-state index contributed by atoms with van der Waals surface area (Å²) in [7, 11) is 0. The molecule has 0 bridgehead atoms. The lowest BCUT2D eigenvalue weighted by molar-refractivity contribution is -0.137. The third kappa shape index (κ3) is 2.87. The quantitative estimate of drug-likeness (QED) is 0.595. The summed E-state index contributed by atoms with van der Waals surface area (Å²) in [5, 5.41) is 0.